The van der Waals surface area contributed by atoms with Crippen molar-refractivity contribution in [3.8, 4) is 17.2 Å². The average molecular weight is 218 g/mol. The fourth-order valence-corrected chi connectivity index (χ4v) is 1.51. The van der Waals surface area contributed by atoms with E-state index in [1.807, 2.05) is 0 Å². The van der Waals surface area contributed by atoms with Gasteiger partial charge >= 0.3 is 0 Å². The Morgan fingerprint density at radius 2 is 2.07 bits per heavy atom. The molecule has 1 aromatic rings. The van der Waals surface area contributed by atoms with Crippen LogP contribution in [-0.2, 0) is 6.54 Å². The van der Waals surface area contributed by atoms with Crippen molar-refractivity contribution >= 4 is 11.6 Å². The highest BCUT2D eigenvalue weighted by Gasteiger charge is 2.16. The van der Waals surface area contributed by atoms with E-state index in [0.717, 1.165) is 0 Å². The van der Waals surface area contributed by atoms with Crippen LogP contribution in [0.2, 0.25) is 5.02 Å². The molecule has 0 aliphatic heterocycles. The number of hydrogen-bond donors (Lipinski definition) is 2. The molecule has 14 heavy (non-hydrogen) atoms. The number of halogens is 1. The monoisotopic (exact) mass is 217 g/mol. The second-order valence-corrected chi connectivity index (χ2v) is 3.01. The summed E-state index contributed by atoms with van der Waals surface area (Å²) >= 11 is 5.95. The lowest BCUT2D eigenvalue weighted by molar-refractivity contribution is 0.350. The van der Waals surface area contributed by atoms with Crippen LogP contribution in [0.4, 0.5) is 0 Å². The first-order valence-corrected chi connectivity index (χ1v) is 4.35. The molecule has 1 rings (SSSR count). The average Bonchev–Trinajstić information content (AvgIpc) is 2.17. The maximum atomic E-state index is 9.52. The van der Waals surface area contributed by atoms with Gasteiger partial charge in [0.2, 0.25) is 0 Å². The van der Waals surface area contributed by atoms with Gasteiger partial charge in [-0.15, -0.1) is 0 Å². The Bertz CT molecular complexity index is 341. The van der Waals surface area contributed by atoms with Crippen molar-refractivity contribution < 1.29 is 14.6 Å². The minimum atomic E-state index is 0.00940. The van der Waals surface area contributed by atoms with E-state index in [-0.39, 0.29) is 17.3 Å². The lowest BCUT2D eigenvalue weighted by atomic mass is 10.1. The Morgan fingerprint density at radius 3 is 2.50 bits per heavy atom. The molecular weight excluding hydrogens is 206 g/mol. The minimum Gasteiger partial charge on any atom is -0.507 e. The van der Waals surface area contributed by atoms with Gasteiger partial charge in [0, 0.05) is 18.2 Å². The van der Waals surface area contributed by atoms with Gasteiger partial charge in [0.15, 0.2) is 11.5 Å². The second kappa shape index (κ2) is 4.39. The third-order valence-corrected chi connectivity index (χ3v) is 2.29. The molecule has 5 heteroatoms. The van der Waals surface area contributed by atoms with Crippen LogP contribution < -0.4 is 15.2 Å². The number of nitrogens with two attached hydrogens (primary N) is 1. The first-order valence-electron chi connectivity index (χ1n) is 3.98. The Morgan fingerprint density at radius 1 is 1.43 bits per heavy atom. The van der Waals surface area contributed by atoms with Gasteiger partial charge in [0.25, 0.3) is 0 Å². The SMILES string of the molecule is COc1cc(O)c(CN)c(Cl)c1OC. The minimum absolute atomic E-state index is 0.00940. The molecule has 78 valence electrons. The summed E-state index contributed by atoms with van der Waals surface area (Å²) in [7, 11) is 2.94. The van der Waals surface area contributed by atoms with Crippen LogP contribution in [0.15, 0.2) is 6.07 Å². The number of hydrogen-bond acceptors (Lipinski definition) is 4. The highest BCUT2D eigenvalue weighted by atomic mass is 35.5. The number of methoxy groups -OCH3 is 2. The summed E-state index contributed by atoms with van der Waals surface area (Å²) < 4.78 is 10.0. The highest BCUT2D eigenvalue weighted by Crippen LogP contribution is 2.41. The predicted octanol–water partition coefficient (Wildman–Crippen LogP) is 1.52. The van der Waals surface area contributed by atoms with Gasteiger partial charge in [-0.3, -0.25) is 0 Å². The first-order chi connectivity index (χ1) is 6.65. The topological polar surface area (TPSA) is 64.7 Å². The van der Waals surface area contributed by atoms with E-state index in [2.05, 4.69) is 0 Å². The summed E-state index contributed by atoms with van der Waals surface area (Å²) in [4.78, 5) is 0. The Hall–Kier alpha value is -1.13. The summed E-state index contributed by atoms with van der Waals surface area (Å²) in [6.07, 6.45) is 0. The molecule has 0 saturated heterocycles. The van der Waals surface area contributed by atoms with Gasteiger partial charge in [-0.05, 0) is 0 Å². The zero-order valence-corrected chi connectivity index (χ0v) is 8.76. The van der Waals surface area contributed by atoms with Crippen LogP contribution in [0.5, 0.6) is 17.2 Å². The molecule has 3 N–H and O–H groups in total. The quantitative estimate of drug-likeness (QED) is 0.806. The molecule has 0 radical (unpaired) electrons. The fourth-order valence-electron chi connectivity index (χ4n) is 1.17. The molecule has 0 fully saturated rings. The van der Waals surface area contributed by atoms with Crippen molar-refractivity contribution in [2.75, 3.05) is 14.2 Å². The van der Waals surface area contributed by atoms with Gasteiger partial charge < -0.3 is 20.3 Å². The standard InChI is InChI=1S/C9H12ClNO3/c1-13-7-3-6(12)5(4-11)8(10)9(7)14-2/h3,12H,4,11H2,1-2H3. The highest BCUT2D eigenvalue weighted by molar-refractivity contribution is 6.33. The normalized spacial score (nSPS) is 10.0. The van der Waals surface area contributed by atoms with Crippen molar-refractivity contribution in [1.29, 1.82) is 0 Å². The smallest absolute Gasteiger partial charge is 0.179 e. The number of phenols is 1. The van der Waals surface area contributed by atoms with Crippen molar-refractivity contribution in [2.45, 2.75) is 6.54 Å². The van der Waals surface area contributed by atoms with Crippen LogP contribution >= 0.6 is 11.6 Å². The lowest BCUT2D eigenvalue weighted by Crippen LogP contribution is -2.01. The van der Waals surface area contributed by atoms with Crippen molar-refractivity contribution in [1.82, 2.24) is 0 Å². The van der Waals surface area contributed by atoms with E-state index in [4.69, 9.17) is 26.8 Å². The van der Waals surface area contributed by atoms with Crippen LogP contribution in [0.3, 0.4) is 0 Å². The Kier molecular flexibility index (Phi) is 3.43. The first kappa shape index (κ1) is 10.9. The molecule has 0 unspecified atom stereocenters. The van der Waals surface area contributed by atoms with E-state index in [9.17, 15) is 5.11 Å². The van der Waals surface area contributed by atoms with Gasteiger partial charge in [-0.2, -0.15) is 0 Å². The van der Waals surface area contributed by atoms with E-state index in [1.54, 1.807) is 0 Å². The number of rotatable bonds is 3. The largest absolute Gasteiger partial charge is 0.507 e. The van der Waals surface area contributed by atoms with Gasteiger partial charge in [-0.1, -0.05) is 11.6 Å². The zero-order chi connectivity index (χ0) is 10.7. The molecule has 4 nitrogen and oxygen atoms in total. The fraction of sp³-hybridized carbons (Fsp3) is 0.333. The van der Waals surface area contributed by atoms with Gasteiger partial charge in [-0.25, -0.2) is 0 Å². The third kappa shape index (κ3) is 1.71. The molecule has 0 bridgehead atoms. The van der Waals surface area contributed by atoms with E-state index >= 15 is 0 Å². The molecule has 1 aromatic carbocycles. The van der Waals surface area contributed by atoms with Crippen LogP contribution in [-0.4, -0.2) is 19.3 Å². The summed E-state index contributed by atoms with van der Waals surface area (Å²) in [6.45, 7) is 0.144. The summed E-state index contributed by atoms with van der Waals surface area (Å²) in [5.41, 5.74) is 5.87. The molecule has 0 heterocycles. The maximum absolute atomic E-state index is 9.52. The maximum Gasteiger partial charge on any atom is 0.179 e. The van der Waals surface area contributed by atoms with Crippen molar-refractivity contribution in [3.63, 3.8) is 0 Å². The zero-order valence-electron chi connectivity index (χ0n) is 8.00. The third-order valence-electron chi connectivity index (χ3n) is 1.89. The predicted molar refractivity (Wildman–Crippen MR) is 54.1 cm³/mol. The summed E-state index contributed by atoms with van der Waals surface area (Å²) in [5, 5.41) is 9.81. The molecule has 0 aromatic heterocycles. The molecule has 0 spiro atoms. The Balaban J connectivity index is 3.39. The molecule has 0 aliphatic carbocycles. The van der Waals surface area contributed by atoms with Crippen LogP contribution in [0, 0.1) is 0 Å². The van der Waals surface area contributed by atoms with Crippen molar-refractivity contribution in [3.05, 3.63) is 16.7 Å². The second-order valence-electron chi connectivity index (χ2n) is 2.63. The van der Waals surface area contributed by atoms with E-state index < -0.39 is 0 Å². The van der Waals surface area contributed by atoms with Crippen molar-refractivity contribution in [2.24, 2.45) is 5.73 Å². The molecule has 0 aliphatic rings. The molecule has 0 atom stereocenters. The summed E-state index contributed by atoms with van der Waals surface area (Å²) in [6, 6.07) is 1.42. The van der Waals surface area contributed by atoms with E-state index in [1.165, 1.54) is 20.3 Å². The number of aromatic hydroxyl groups is 1. The van der Waals surface area contributed by atoms with E-state index in [0.29, 0.717) is 17.1 Å². The molecule has 0 amide bonds. The van der Waals surface area contributed by atoms with Gasteiger partial charge in [0.05, 0.1) is 19.2 Å². The van der Waals surface area contributed by atoms with Gasteiger partial charge in [0.1, 0.15) is 5.75 Å². The lowest BCUT2D eigenvalue weighted by Gasteiger charge is -2.13. The molecule has 0 saturated carbocycles. The summed E-state index contributed by atoms with van der Waals surface area (Å²) in [5.74, 6) is 0.773. The Labute approximate surface area is 87.2 Å². The van der Waals surface area contributed by atoms with Crippen LogP contribution in [0.25, 0.3) is 0 Å². The molecular formula is C9H12ClNO3. The number of phenolic OH excluding ortho intramolecular Hbond substituents is 1. The van der Waals surface area contributed by atoms with Crippen LogP contribution in [0.1, 0.15) is 5.56 Å². The number of benzene rings is 1. The number of ether oxygens (including phenoxy) is 2.